The van der Waals surface area contributed by atoms with Crippen LogP contribution < -0.4 is 5.32 Å². The smallest absolute Gasteiger partial charge is 0.320 e. The number of rotatable bonds is 6. The molecule has 0 bridgehead atoms. The number of methoxy groups -OCH3 is 1. The van der Waals surface area contributed by atoms with Gasteiger partial charge in [0.2, 0.25) is 0 Å². The Morgan fingerprint density at radius 2 is 2.29 bits per heavy atom. The molecule has 17 heavy (non-hydrogen) atoms. The predicted molar refractivity (Wildman–Crippen MR) is 62.4 cm³/mol. The molecular formula is C10H19NO5S. The highest BCUT2D eigenvalue weighted by Gasteiger charge is 2.30. The van der Waals surface area contributed by atoms with Crippen LogP contribution in [0.15, 0.2) is 0 Å². The molecule has 2 atom stereocenters. The maximum absolute atomic E-state index is 11.7. The zero-order valence-electron chi connectivity index (χ0n) is 10.1. The first-order chi connectivity index (χ1) is 7.98. The van der Waals surface area contributed by atoms with Crippen molar-refractivity contribution in [2.75, 3.05) is 38.9 Å². The van der Waals surface area contributed by atoms with Crippen molar-refractivity contribution >= 4 is 15.8 Å². The van der Waals surface area contributed by atoms with Crippen LogP contribution >= 0.6 is 0 Å². The molecule has 1 rings (SSSR count). The van der Waals surface area contributed by atoms with Crippen molar-refractivity contribution in [1.29, 1.82) is 0 Å². The fourth-order valence-corrected chi connectivity index (χ4v) is 3.48. The van der Waals surface area contributed by atoms with E-state index in [9.17, 15) is 13.2 Å². The summed E-state index contributed by atoms with van der Waals surface area (Å²) in [5.41, 5.74) is 0. The van der Waals surface area contributed by atoms with Gasteiger partial charge in [0, 0.05) is 18.6 Å². The van der Waals surface area contributed by atoms with Crippen molar-refractivity contribution in [3.8, 4) is 0 Å². The summed E-state index contributed by atoms with van der Waals surface area (Å²) in [6.07, 6.45) is 0.846. The summed E-state index contributed by atoms with van der Waals surface area (Å²) in [6.45, 7) is 1.24. The summed E-state index contributed by atoms with van der Waals surface area (Å²) in [6, 6.07) is -0.174. The Hall–Kier alpha value is -0.660. The standard InChI is InChI=1S/C10H19NO5S/c1-11-9(8-3-4-16-5-8)6-17(13,14)7-10(12)15-2/h8-9,11H,3-7H2,1-2H3. The second-order valence-electron chi connectivity index (χ2n) is 4.15. The first-order valence-corrected chi connectivity index (χ1v) is 7.33. The number of carbonyl (C=O) groups is 1. The minimum Gasteiger partial charge on any atom is -0.468 e. The van der Waals surface area contributed by atoms with E-state index in [0.29, 0.717) is 13.2 Å². The average molecular weight is 265 g/mol. The van der Waals surface area contributed by atoms with Gasteiger partial charge in [-0.15, -0.1) is 0 Å². The molecule has 1 saturated heterocycles. The summed E-state index contributed by atoms with van der Waals surface area (Å²) in [4.78, 5) is 11.0. The number of nitrogens with one attached hydrogen (secondary N) is 1. The van der Waals surface area contributed by atoms with Crippen molar-refractivity contribution in [2.24, 2.45) is 5.92 Å². The van der Waals surface area contributed by atoms with Crippen LogP contribution in [0.2, 0.25) is 0 Å². The van der Waals surface area contributed by atoms with Gasteiger partial charge in [-0.2, -0.15) is 0 Å². The number of hydrogen-bond donors (Lipinski definition) is 1. The maximum atomic E-state index is 11.7. The first kappa shape index (κ1) is 14.4. The molecule has 1 fully saturated rings. The normalized spacial score (nSPS) is 22.4. The largest absolute Gasteiger partial charge is 0.468 e. The Labute approximate surface area is 102 Å². The fraction of sp³-hybridized carbons (Fsp3) is 0.900. The van der Waals surface area contributed by atoms with Gasteiger partial charge in [0.15, 0.2) is 9.84 Å². The molecule has 0 aromatic rings. The first-order valence-electron chi connectivity index (χ1n) is 5.50. The molecule has 1 aliphatic rings. The molecule has 6 nitrogen and oxygen atoms in total. The highest BCUT2D eigenvalue weighted by molar-refractivity contribution is 7.92. The lowest BCUT2D eigenvalue weighted by Gasteiger charge is -2.21. The molecule has 1 aliphatic heterocycles. The fourth-order valence-electron chi connectivity index (χ4n) is 1.90. The van der Waals surface area contributed by atoms with E-state index in [1.54, 1.807) is 7.05 Å². The van der Waals surface area contributed by atoms with Gasteiger partial charge in [-0.1, -0.05) is 0 Å². The molecule has 2 unspecified atom stereocenters. The van der Waals surface area contributed by atoms with E-state index < -0.39 is 21.6 Å². The molecule has 0 saturated carbocycles. The van der Waals surface area contributed by atoms with Crippen LogP contribution in [0, 0.1) is 5.92 Å². The van der Waals surface area contributed by atoms with Crippen LogP contribution in [0.5, 0.6) is 0 Å². The van der Waals surface area contributed by atoms with Crippen molar-refractivity contribution in [3.05, 3.63) is 0 Å². The Morgan fingerprint density at radius 3 is 2.76 bits per heavy atom. The number of ether oxygens (including phenoxy) is 2. The Morgan fingerprint density at radius 1 is 1.59 bits per heavy atom. The lowest BCUT2D eigenvalue weighted by molar-refractivity contribution is -0.137. The van der Waals surface area contributed by atoms with Gasteiger partial charge in [0.05, 0.1) is 19.5 Å². The molecule has 0 radical (unpaired) electrons. The molecule has 0 aromatic heterocycles. The van der Waals surface area contributed by atoms with Gasteiger partial charge >= 0.3 is 5.97 Å². The lowest BCUT2D eigenvalue weighted by atomic mass is 10.0. The monoisotopic (exact) mass is 265 g/mol. The summed E-state index contributed by atoms with van der Waals surface area (Å²) in [5.74, 6) is -1.16. The van der Waals surface area contributed by atoms with Gasteiger partial charge < -0.3 is 14.8 Å². The van der Waals surface area contributed by atoms with Gasteiger partial charge in [0.1, 0.15) is 5.75 Å². The molecule has 0 spiro atoms. The second kappa shape index (κ2) is 6.32. The van der Waals surface area contributed by atoms with Crippen molar-refractivity contribution < 1.29 is 22.7 Å². The molecule has 7 heteroatoms. The molecular weight excluding hydrogens is 246 g/mol. The molecule has 1 N–H and O–H groups in total. The van der Waals surface area contributed by atoms with E-state index in [1.165, 1.54) is 7.11 Å². The third kappa shape index (κ3) is 4.61. The molecule has 100 valence electrons. The molecule has 0 amide bonds. The number of esters is 1. The van der Waals surface area contributed by atoms with Crippen LogP contribution in [0.25, 0.3) is 0 Å². The Kier molecular flexibility index (Phi) is 5.35. The van der Waals surface area contributed by atoms with Crippen LogP contribution in [0.1, 0.15) is 6.42 Å². The zero-order chi connectivity index (χ0) is 12.9. The third-order valence-electron chi connectivity index (χ3n) is 2.90. The van der Waals surface area contributed by atoms with E-state index in [4.69, 9.17) is 4.74 Å². The molecule has 0 aliphatic carbocycles. The lowest BCUT2D eigenvalue weighted by Crippen LogP contribution is -2.41. The third-order valence-corrected chi connectivity index (χ3v) is 4.45. The minimum absolute atomic E-state index is 0.0629. The van der Waals surface area contributed by atoms with Crippen LogP contribution in [-0.4, -0.2) is 59.3 Å². The zero-order valence-corrected chi connectivity index (χ0v) is 11.0. The average Bonchev–Trinajstić information content (AvgIpc) is 2.78. The van der Waals surface area contributed by atoms with Gasteiger partial charge in [-0.05, 0) is 13.5 Å². The summed E-state index contributed by atoms with van der Waals surface area (Å²) in [7, 11) is -0.537. The van der Waals surface area contributed by atoms with Crippen LogP contribution in [-0.2, 0) is 24.1 Å². The molecule has 0 aromatic carbocycles. The quantitative estimate of drug-likeness (QED) is 0.633. The Balaban J connectivity index is 2.57. The van der Waals surface area contributed by atoms with Crippen molar-refractivity contribution in [1.82, 2.24) is 5.32 Å². The van der Waals surface area contributed by atoms with Gasteiger partial charge in [0.25, 0.3) is 0 Å². The van der Waals surface area contributed by atoms with Gasteiger partial charge in [-0.3, -0.25) is 4.79 Å². The topological polar surface area (TPSA) is 81.7 Å². The van der Waals surface area contributed by atoms with E-state index in [-0.39, 0.29) is 17.7 Å². The molecule has 1 heterocycles. The number of carbonyl (C=O) groups excluding carboxylic acids is 1. The second-order valence-corrected chi connectivity index (χ2v) is 6.26. The summed E-state index contributed by atoms with van der Waals surface area (Å²) >= 11 is 0. The van der Waals surface area contributed by atoms with Gasteiger partial charge in [-0.25, -0.2) is 8.42 Å². The van der Waals surface area contributed by atoms with E-state index in [0.717, 1.165) is 6.42 Å². The van der Waals surface area contributed by atoms with E-state index in [1.807, 2.05) is 0 Å². The number of sulfone groups is 1. The van der Waals surface area contributed by atoms with Crippen molar-refractivity contribution in [2.45, 2.75) is 12.5 Å². The summed E-state index contributed by atoms with van der Waals surface area (Å²) in [5, 5.41) is 2.98. The van der Waals surface area contributed by atoms with E-state index in [2.05, 4.69) is 10.1 Å². The van der Waals surface area contributed by atoms with Crippen LogP contribution in [0.4, 0.5) is 0 Å². The SMILES string of the molecule is CNC(CS(=O)(=O)CC(=O)OC)C1CCOC1. The number of hydrogen-bond acceptors (Lipinski definition) is 6. The van der Waals surface area contributed by atoms with Crippen LogP contribution in [0.3, 0.4) is 0 Å². The summed E-state index contributed by atoms with van der Waals surface area (Å²) < 4.78 is 33.1. The predicted octanol–water partition coefficient (Wildman–Crippen LogP) is -0.801. The minimum atomic E-state index is -3.43. The Bertz CT molecular complexity index is 348. The maximum Gasteiger partial charge on any atom is 0.320 e. The highest BCUT2D eigenvalue weighted by atomic mass is 32.2. The highest BCUT2D eigenvalue weighted by Crippen LogP contribution is 2.18. The van der Waals surface area contributed by atoms with E-state index >= 15 is 0 Å². The van der Waals surface area contributed by atoms with Crippen molar-refractivity contribution in [3.63, 3.8) is 0 Å².